The average Bonchev–Trinajstić information content (AvgIpc) is 2.63. The summed E-state index contributed by atoms with van der Waals surface area (Å²) < 4.78 is 10.2. The molecule has 0 bridgehead atoms. The summed E-state index contributed by atoms with van der Waals surface area (Å²) in [6.45, 7) is 3.82. The Hall–Kier alpha value is -3.41. The first kappa shape index (κ1) is 17.4. The van der Waals surface area contributed by atoms with E-state index in [1.165, 1.54) is 25.3 Å². The van der Waals surface area contributed by atoms with Gasteiger partial charge in [0.25, 0.3) is 5.91 Å². The number of methoxy groups -OCH3 is 1. The highest BCUT2D eigenvalue weighted by atomic mass is 16.5. The number of fused-ring (bicyclic) bond motifs is 1. The molecule has 0 saturated carbocycles. The number of nitrogens with one attached hydrogen (secondary N) is 1. The lowest BCUT2D eigenvalue weighted by atomic mass is 10.1. The van der Waals surface area contributed by atoms with Crippen LogP contribution in [0.4, 0.5) is 5.69 Å². The Morgan fingerprint density at radius 1 is 1.00 bits per heavy atom. The molecule has 1 N–H and O–H groups in total. The van der Waals surface area contributed by atoms with Crippen molar-refractivity contribution in [3.63, 3.8) is 0 Å². The third-order valence-corrected chi connectivity index (χ3v) is 4.13. The van der Waals surface area contributed by atoms with E-state index in [1.807, 2.05) is 13.8 Å². The van der Waals surface area contributed by atoms with Crippen molar-refractivity contribution in [3.05, 3.63) is 75.1 Å². The Morgan fingerprint density at radius 2 is 1.65 bits per heavy atom. The first-order valence-electron chi connectivity index (χ1n) is 7.94. The maximum Gasteiger partial charge on any atom is 0.337 e. The van der Waals surface area contributed by atoms with Gasteiger partial charge in [0.2, 0.25) is 0 Å². The van der Waals surface area contributed by atoms with Crippen LogP contribution in [-0.2, 0) is 4.74 Å². The van der Waals surface area contributed by atoms with E-state index in [-0.39, 0.29) is 11.2 Å². The molecule has 0 radical (unpaired) electrons. The van der Waals surface area contributed by atoms with E-state index in [1.54, 1.807) is 24.3 Å². The molecule has 6 nitrogen and oxygen atoms in total. The summed E-state index contributed by atoms with van der Waals surface area (Å²) in [6.07, 6.45) is 0. The summed E-state index contributed by atoms with van der Waals surface area (Å²) in [4.78, 5) is 36.1. The van der Waals surface area contributed by atoms with E-state index in [0.717, 1.165) is 11.1 Å². The molecule has 3 rings (SSSR count). The minimum atomic E-state index is -0.548. The van der Waals surface area contributed by atoms with Gasteiger partial charge in [0.05, 0.1) is 18.1 Å². The number of amides is 1. The predicted octanol–water partition coefficient (Wildman–Crippen LogP) is 3.45. The molecule has 26 heavy (non-hydrogen) atoms. The van der Waals surface area contributed by atoms with Crippen molar-refractivity contribution in [1.82, 2.24) is 0 Å². The van der Waals surface area contributed by atoms with Gasteiger partial charge >= 0.3 is 5.97 Å². The van der Waals surface area contributed by atoms with Crippen LogP contribution in [0.2, 0.25) is 0 Å². The second-order valence-corrected chi connectivity index (χ2v) is 5.93. The molecule has 132 valence electrons. The molecule has 0 unspecified atom stereocenters. The Kier molecular flexibility index (Phi) is 4.58. The van der Waals surface area contributed by atoms with E-state index >= 15 is 0 Å². The van der Waals surface area contributed by atoms with Crippen LogP contribution in [0.3, 0.4) is 0 Å². The highest BCUT2D eigenvalue weighted by molar-refractivity contribution is 6.03. The van der Waals surface area contributed by atoms with Gasteiger partial charge in [-0.3, -0.25) is 9.59 Å². The zero-order valence-electron chi connectivity index (χ0n) is 14.6. The van der Waals surface area contributed by atoms with E-state index in [2.05, 4.69) is 10.1 Å². The van der Waals surface area contributed by atoms with Crippen molar-refractivity contribution >= 4 is 28.5 Å². The molecule has 0 spiro atoms. The summed E-state index contributed by atoms with van der Waals surface area (Å²) in [5.74, 6) is -1.09. The Bertz CT molecular complexity index is 1060. The number of rotatable bonds is 3. The van der Waals surface area contributed by atoms with Gasteiger partial charge < -0.3 is 14.5 Å². The van der Waals surface area contributed by atoms with E-state index in [4.69, 9.17) is 4.42 Å². The summed E-state index contributed by atoms with van der Waals surface area (Å²) in [7, 11) is 1.29. The van der Waals surface area contributed by atoms with Crippen LogP contribution in [0.1, 0.15) is 32.0 Å². The molecule has 0 aliphatic rings. The lowest BCUT2D eigenvalue weighted by Crippen LogP contribution is -2.15. The van der Waals surface area contributed by atoms with Crippen LogP contribution >= 0.6 is 0 Å². The Morgan fingerprint density at radius 3 is 2.31 bits per heavy atom. The maximum absolute atomic E-state index is 12.4. The molecule has 1 amide bonds. The standard InChI is InChI=1S/C20H17NO5/c1-11-8-15-16(22)10-18(26-17(15)9-12(11)2)19(23)21-14-6-4-13(5-7-14)20(24)25-3/h4-10H,1-3H3,(H,21,23). The number of hydrogen-bond donors (Lipinski definition) is 1. The predicted molar refractivity (Wildman–Crippen MR) is 97.7 cm³/mol. The first-order valence-corrected chi connectivity index (χ1v) is 7.94. The van der Waals surface area contributed by atoms with Crippen molar-refractivity contribution in [2.75, 3.05) is 12.4 Å². The summed E-state index contributed by atoms with van der Waals surface area (Å²) in [5, 5.41) is 3.07. The number of benzene rings is 2. The maximum atomic E-state index is 12.4. The summed E-state index contributed by atoms with van der Waals surface area (Å²) in [6, 6.07) is 10.9. The van der Waals surface area contributed by atoms with E-state index in [0.29, 0.717) is 22.2 Å². The first-order chi connectivity index (χ1) is 12.4. The van der Waals surface area contributed by atoms with Gasteiger partial charge in [-0.25, -0.2) is 4.79 Å². The van der Waals surface area contributed by atoms with Gasteiger partial charge in [0.1, 0.15) is 5.58 Å². The molecule has 2 aromatic carbocycles. The number of carbonyl (C=O) groups is 2. The molecular formula is C20H17NO5. The monoisotopic (exact) mass is 351 g/mol. The van der Waals surface area contributed by atoms with E-state index in [9.17, 15) is 14.4 Å². The fraction of sp³-hybridized carbons (Fsp3) is 0.150. The molecule has 3 aromatic rings. The smallest absolute Gasteiger partial charge is 0.337 e. The molecule has 0 aliphatic heterocycles. The SMILES string of the molecule is COC(=O)c1ccc(NC(=O)c2cc(=O)c3cc(C)c(C)cc3o2)cc1. The van der Waals surface area contributed by atoms with Crippen molar-refractivity contribution < 1.29 is 18.7 Å². The Labute approximate surface area is 149 Å². The third kappa shape index (κ3) is 3.35. The number of carbonyl (C=O) groups excluding carboxylic acids is 2. The normalized spacial score (nSPS) is 10.6. The fourth-order valence-corrected chi connectivity index (χ4v) is 2.52. The van der Waals surface area contributed by atoms with Gasteiger partial charge in [-0.15, -0.1) is 0 Å². The minimum absolute atomic E-state index is 0.0807. The fourth-order valence-electron chi connectivity index (χ4n) is 2.52. The number of anilines is 1. The second kappa shape index (κ2) is 6.84. The zero-order valence-corrected chi connectivity index (χ0v) is 14.6. The highest BCUT2D eigenvalue weighted by Gasteiger charge is 2.14. The molecule has 0 aliphatic carbocycles. The lowest BCUT2D eigenvalue weighted by molar-refractivity contribution is 0.0600. The molecule has 1 heterocycles. The number of esters is 1. The van der Waals surface area contributed by atoms with Crippen LogP contribution in [0.15, 0.2) is 51.7 Å². The van der Waals surface area contributed by atoms with Gasteiger partial charge in [-0.05, 0) is 61.4 Å². The quantitative estimate of drug-likeness (QED) is 0.731. The minimum Gasteiger partial charge on any atom is -0.465 e. The van der Waals surface area contributed by atoms with E-state index < -0.39 is 11.9 Å². The van der Waals surface area contributed by atoms with Crippen LogP contribution in [0.5, 0.6) is 0 Å². The zero-order chi connectivity index (χ0) is 18.8. The third-order valence-electron chi connectivity index (χ3n) is 4.13. The van der Waals surface area contributed by atoms with Gasteiger partial charge in [0, 0.05) is 11.8 Å². The van der Waals surface area contributed by atoms with Crippen LogP contribution < -0.4 is 10.7 Å². The van der Waals surface area contributed by atoms with Crippen molar-refractivity contribution in [2.45, 2.75) is 13.8 Å². The van der Waals surface area contributed by atoms with Crippen molar-refractivity contribution in [3.8, 4) is 0 Å². The number of ether oxygens (including phenoxy) is 1. The van der Waals surface area contributed by atoms with Gasteiger partial charge in [-0.2, -0.15) is 0 Å². The second-order valence-electron chi connectivity index (χ2n) is 5.93. The largest absolute Gasteiger partial charge is 0.465 e. The molecular weight excluding hydrogens is 334 g/mol. The van der Waals surface area contributed by atoms with Crippen LogP contribution in [0.25, 0.3) is 11.0 Å². The highest BCUT2D eigenvalue weighted by Crippen LogP contribution is 2.19. The van der Waals surface area contributed by atoms with Gasteiger partial charge in [0.15, 0.2) is 11.2 Å². The van der Waals surface area contributed by atoms with Crippen molar-refractivity contribution in [1.29, 1.82) is 0 Å². The summed E-state index contributed by atoms with van der Waals surface area (Å²) in [5.41, 5.74) is 2.87. The number of aryl methyl sites for hydroxylation is 2. The van der Waals surface area contributed by atoms with Crippen LogP contribution in [0, 0.1) is 13.8 Å². The number of hydrogen-bond acceptors (Lipinski definition) is 5. The topological polar surface area (TPSA) is 85.6 Å². The molecule has 0 fully saturated rings. The molecule has 1 aromatic heterocycles. The molecule has 0 saturated heterocycles. The molecule has 0 atom stereocenters. The summed E-state index contributed by atoms with van der Waals surface area (Å²) >= 11 is 0. The lowest BCUT2D eigenvalue weighted by Gasteiger charge is -2.07. The average molecular weight is 351 g/mol. The Balaban J connectivity index is 1.89. The van der Waals surface area contributed by atoms with Crippen molar-refractivity contribution in [2.24, 2.45) is 0 Å². The molecule has 6 heteroatoms. The van der Waals surface area contributed by atoms with Gasteiger partial charge in [-0.1, -0.05) is 0 Å². The van der Waals surface area contributed by atoms with Crippen LogP contribution in [-0.4, -0.2) is 19.0 Å².